The van der Waals surface area contributed by atoms with Crippen molar-refractivity contribution >= 4 is 39.5 Å². The normalized spacial score (nSPS) is 25.1. The number of rotatable bonds is 4. The Morgan fingerprint density at radius 1 is 1.05 bits per heavy atom. The molecule has 0 spiro atoms. The number of amides is 3. The van der Waals surface area contributed by atoms with Crippen molar-refractivity contribution in [3.8, 4) is 0 Å². The van der Waals surface area contributed by atoms with Crippen LogP contribution in [0.15, 0.2) is 34.9 Å². The van der Waals surface area contributed by atoms with E-state index in [2.05, 4.69) is 62.7 Å². The summed E-state index contributed by atoms with van der Waals surface area (Å²) in [7, 11) is 0. The number of hydrogen-bond donors (Lipinski definition) is 1. The first-order valence-corrected chi connectivity index (χ1v) is 17.0. The number of aromatic nitrogens is 1. The molecule has 0 radical (unpaired) electrons. The Kier molecular flexibility index (Phi) is 9.07. The third-order valence-electron chi connectivity index (χ3n) is 10.6. The number of nitrogens with zero attached hydrogens (tertiary/aromatic N) is 5. The first-order valence-electron chi connectivity index (χ1n) is 15.9. The van der Waals surface area contributed by atoms with Gasteiger partial charge < -0.3 is 15.5 Å². The van der Waals surface area contributed by atoms with E-state index in [1.165, 1.54) is 22.4 Å². The van der Waals surface area contributed by atoms with Gasteiger partial charge in [0.15, 0.2) is 0 Å². The molecule has 2 N–H and O–H groups in total. The predicted molar refractivity (Wildman–Crippen MR) is 173 cm³/mol. The van der Waals surface area contributed by atoms with E-state index in [4.69, 9.17) is 22.3 Å². The maximum atomic E-state index is 13.3. The Labute approximate surface area is 269 Å². The van der Waals surface area contributed by atoms with Crippen molar-refractivity contribution in [1.82, 2.24) is 24.6 Å². The molecule has 4 heterocycles. The summed E-state index contributed by atoms with van der Waals surface area (Å²) in [6.07, 6.45) is 8.31. The number of likely N-dealkylation sites (tertiary alicyclic amines) is 2. The van der Waals surface area contributed by atoms with E-state index in [-0.39, 0.29) is 29.6 Å². The lowest BCUT2D eigenvalue weighted by molar-refractivity contribution is -0.139. The molecule has 8 nitrogen and oxygen atoms in total. The number of piperidine rings is 2. The lowest BCUT2D eigenvalue weighted by Crippen LogP contribution is -2.62. The van der Waals surface area contributed by atoms with Gasteiger partial charge >= 0.3 is 6.03 Å². The third kappa shape index (κ3) is 6.46. The minimum atomic E-state index is -0.354. The molecule has 10 heteroatoms. The van der Waals surface area contributed by atoms with E-state index in [9.17, 15) is 9.59 Å². The molecule has 1 aliphatic carbocycles. The molecular weight excluding hydrogens is 628 g/mol. The Bertz CT molecular complexity index is 1300. The van der Waals surface area contributed by atoms with Crippen LogP contribution in [0.1, 0.15) is 74.4 Å². The van der Waals surface area contributed by atoms with Crippen molar-refractivity contribution < 1.29 is 9.59 Å². The van der Waals surface area contributed by atoms with Crippen LogP contribution in [0.25, 0.3) is 0 Å². The summed E-state index contributed by atoms with van der Waals surface area (Å²) < 4.78 is 1.03. The van der Waals surface area contributed by atoms with E-state index < -0.39 is 0 Å². The fourth-order valence-corrected chi connectivity index (χ4v) is 8.48. The Morgan fingerprint density at radius 3 is 2.47 bits per heavy atom. The van der Waals surface area contributed by atoms with Gasteiger partial charge in [-0.1, -0.05) is 17.7 Å². The number of urea groups is 1. The maximum absolute atomic E-state index is 13.3. The summed E-state index contributed by atoms with van der Waals surface area (Å²) in [4.78, 5) is 38.8. The lowest BCUT2D eigenvalue weighted by Gasteiger charge is -2.52. The number of nitrogens with two attached hydrogens (primary N) is 1. The maximum Gasteiger partial charge on any atom is 0.314 e. The molecule has 1 aromatic heterocycles. The van der Waals surface area contributed by atoms with Gasteiger partial charge in [0.2, 0.25) is 5.91 Å². The summed E-state index contributed by atoms with van der Waals surface area (Å²) in [5, 5.41) is 0.795. The van der Waals surface area contributed by atoms with Crippen molar-refractivity contribution in [3.63, 3.8) is 0 Å². The summed E-state index contributed by atoms with van der Waals surface area (Å²) >= 11 is 10.1. The molecule has 1 unspecified atom stereocenters. The van der Waals surface area contributed by atoms with E-state index in [1.54, 1.807) is 4.90 Å². The predicted octanol–water partition coefficient (Wildman–Crippen LogP) is 5.25. The van der Waals surface area contributed by atoms with Crippen LogP contribution in [0.3, 0.4) is 0 Å². The SMILES string of the molecule is C[C@H]1CN(C2(C)CCN(C3c4ccc(Cl)cc4CCc4cc(Br)cnc43)CC2)CCN1C(=O)CC1CCN(C(N)=O)CC1. The van der Waals surface area contributed by atoms with Gasteiger partial charge in [-0.3, -0.25) is 19.6 Å². The van der Waals surface area contributed by atoms with E-state index in [1.807, 2.05) is 12.3 Å². The summed E-state index contributed by atoms with van der Waals surface area (Å²) in [5.41, 5.74) is 10.7. The van der Waals surface area contributed by atoms with Gasteiger partial charge in [0.05, 0.1) is 11.7 Å². The lowest BCUT2D eigenvalue weighted by atomic mass is 9.84. The number of piperazine rings is 1. The van der Waals surface area contributed by atoms with Gasteiger partial charge in [-0.15, -0.1) is 0 Å². The molecular formula is C33H44BrClN6O2. The molecule has 3 fully saturated rings. The Hall–Kier alpha value is -2.20. The van der Waals surface area contributed by atoms with Gasteiger partial charge in [0, 0.05) is 79.5 Å². The van der Waals surface area contributed by atoms with Crippen molar-refractivity contribution in [2.24, 2.45) is 11.7 Å². The highest BCUT2D eigenvalue weighted by atomic mass is 79.9. The zero-order valence-corrected chi connectivity index (χ0v) is 27.7. The van der Waals surface area contributed by atoms with Crippen LogP contribution in [0.2, 0.25) is 5.02 Å². The Balaban J connectivity index is 1.09. The largest absolute Gasteiger partial charge is 0.351 e. The van der Waals surface area contributed by atoms with Crippen molar-refractivity contribution in [3.05, 3.63) is 62.3 Å². The molecule has 2 atom stereocenters. The fraction of sp³-hybridized carbons (Fsp3) is 0.606. The van der Waals surface area contributed by atoms with Crippen LogP contribution in [-0.4, -0.2) is 93.9 Å². The van der Waals surface area contributed by atoms with Crippen LogP contribution in [0.5, 0.6) is 0 Å². The average Bonchev–Trinajstić information content (AvgIpc) is 3.14. The van der Waals surface area contributed by atoms with Gasteiger partial charge in [-0.05, 0) is 109 Å². The number of carbonyl (C=O) groups is 2. The van der Waals surface area contributed by atoms with Crippen molar-refractivity contribution in [2.75, 3.05) is 45.8 Å². The first kappa shape index (κ1) is 30.8. The highest BCUT2D eigenvalue weighted by molar-refractivity contribution is 9.10. The average molecular weight is 672 g/mol. The minimum Gasteiger partial charge on any atom is -0.351 e. The summed E-state index contributed by atoms with van der Waals surface area (Å²) in [6.45, 7) is 10.5. The topological polar surface area (TPSA) is 86.0 Å². The van der Waals surface area contributed by atoms with Crippen LogP contribution >= 0.6 is 27.5 Å². The molecule has 3 saturated heterocycles. The number of fused-ring (bicyclic) bond motifs is 2. The molecule has 0 saturated carbocycles. The van der Waals surface area contributed by atoms with Crippen molar-refractivity contribution in [2.45, 2.75) is 76.4 Å². The van der Waals surface area contributed by atoms with Gasteiger partial charge in [-0.2, -0.15) is 0 Å². The number of primary amides is 1. The van der Waals surface area contributed by atoms with Gasteiger partial charge in [0.1, 0.15) is 0 Å². The molecule has 2 aromatic rings. The number of pyridine rings is 1. The number of benzene rings is 1. The summed E-state index contributed by atoms with van der Waals surface area (Å²) in [6, 6.07) is 8.59. The minimum absolute atomic E-state index is 0.102. The highest BCUT2D eigenvalue weighted by Crippen LogP contribution is 2.41. The molecule has 4 aliphatic rings. The van der Waals surface area contributed by atoms with Crippen LogP contribution in [0.4, 0.5) is 4.79 Å². The second kappa shape index (κ2) is 12.7. The van der Waals surface area contributed by atoms with Crippen LogP contribution in [-0.2, 0) is 17.6 Å². The molecule has 1 aromatic carbocycles. The number of carbonyl (C=O) groups excluding carboxylic acids is 2. The monoisotopic (exact) mass is 670 g/mol. The second-order valence-electron chi connectivity index (χ2n) is 13.3. The molecule has 43 heavy (non-hydrogen) atoms. The third-order valence-corrected chi connectivity index (χ3v) is 11.3. The smallest absolute Gasteiger partial charge is 0.314 e. The number of hydrogen-bond acceptors (Lipinski definition) is 5. The molecule has 3 amide bonds. The number of halogens is 2. The Morgan fingerprint density at radius 2 is 1.77 bits per heavy atom. The van der Waals surface area contributed by atoms with Gasteiger partial charge in [-0.25, -0.2) is 4.79 Å². The summed E-state index contributed by atoms with van der Waals surface area (Å²) in [5.74, 6) is 0.593. The zero-order valence-electron chi connectivity index (χ0n) is 25.4. The second-order valence-corrected chi connectivity index (χ2v) is 14.7. The van der Waals surface area contributed by atoms with Crippen molar-refractivity contribution in [1.29, 1.82) is 0 Å². The molecule has 6 rings (SSSR count). The highest BCUT2D eigenvalue weighted by Gasteiger charge is 2.42. The van der Waals surface area contributed by atoms with Crippen LogP contribution < -0.4 is 5.73 Å². The van der Waals surface area contributed by atoms with E-state index >= 15 is 0 Å². The first-order chi connectivity index (χ1) is 20.6. The molecule has 3 aliphatic heterocycles. The van der Waals surface area contributed by atoms with E-state index in [0.29, 0.717) is 25.4 Å². The number of aryl methyl sites for hydroxylation is 2. The fourth-order valence-electron chi connectivity index (χ4n) is 7.90. The quantitative estimate of drug-likeness (QED) is 0.480. The standard InChI is InChI=1S/C33H44BrClN6O2/c1-22-21-40(15-16-41(22)29(42)17-23-7-11-39(12-8-23)32(36)43)33(2)9-13-38(14-10-33)31-28-6-5-27(35)19-24(28)3-4-25-18-26(34)20-37-30(25)31/h5-6,18-20,22-23,31H,3-4,7-17,21H2,1-2H3,(H2,36,43)/t22-,31?/m0/s1. The zero-order chi connectivity index (χ0) is 30.3. The van der Waals surface area contributed by atoms with Gasteiger partial charge in [0.25, 0.3) is 0 Å². The molecule has 232 valence electrons. The van der Waals surface area contributed by atoms with E-state index in [0.717, 1.165) is 80.7 Å². The van der Waals surface area contributed by atoms with Crippen LogP contribution in [0, 0.1) is 5.92 Å². The molecule has 0 bridgehead atoms.